The van der Waals surface area contributed by atoms with Crippen molar-refractivity contribution in [2.24, 2.45) is 0 Å². The fraction of sp³-hybridized carbons (Fsp3) is 0.273. The highest BCUT2D eigenvalue weighted by atomic mass is 16.5. The van der Waals surface area contributed by atoms with Gasteiger partial charge in [-0.2, -0.15) is 0 Å². The molecule has 0 saturated carbocycles. The topological polar surface area (TPSA) is 88.8 Å². The standard InChI is InChI=1S/C22H23NO5/c1-14(13-24)23-21(25)9-8-16-10-18-17(15-6-4-3-5-7-15)11-22(26)28-20(18)12-19(16)27-2/h3-7,10-12,14,24H,8-9,13H2,1-2H3,(H,23,25)/t14-/m0/s1. The molecule has 6 nitrogen and oxygen atoms in total. The molecule has 1 amide bonds. The molecule has 0 bridgehead atoms. The number of rotatable bonds is 7. The molecule has 146 valence electrons. The minimum atomic E-state index is -0.432. The molecule has 0 spiro atoms. The molecule has 2 N–H and O–H groups in total. The number of fused-ring (bicyclic) bond motifs is 1. The molecule has 1 aromatic heterocycles. The average Bonchev–Trinajstić information content (AvgIpc) is 2.71. The molecule has 28 heavy (non-hydrogen) atoms. The fourth-order valence-electron chi connectivity index (χ4n) is 3.12. The predicted molar refractivity (Wildman–Crippen MR) is 107 cm³/mol. The Morgan fingerprint density at radius 1 is 1.21 bits per heavy atom. The van der Waals surface area contributed by atoms with Gasteiger partial charge in [0.25, 0.3) is 0 Å². The van der Waals surface area contributed by atoms with Crippen molar-refractivity contribution in [1.29, 1.82) is 0 Å². The molecular weight excluding hydrogens is 358 g/mol. The van der Waals surface area contributed by atoms with Crippen molar-refractivity contribution in [3.05, 3.63) is 64.5 Å². The van der Waals surface area contributed by atoms with Gasteiger partial charge in [0.05, 0.1) is 13.7 Å². The maximum atomic E-state index is 12.1. The Labute approximate surface area is 162 Å². The Morgan fingerprint density at radius 3 is 2.64 bits per heavy atom. The van der Waals surface area contributed by atoms with Crippen LogP contribution < -0.4 is 15.7 Å². The molecule has 0 fully saturated rings. The Kier molecular flexibility index (Phi) is 6.11. The van der Waals surface area contributed by atoms with Crippen molar-refractivity contribution in [3.63, 3.8) is 0 Å². The number of ether oxygens (including phenoxy) is 1. The Balaban J connectivity index is 2.00. The van der Waals surface area contributed by atoms with Crippen molar-refractivity contribution < 1.29 is 19.1 Å². The van der Waals surface area contributed by atoms with Gasteiger partial charge in [-0.15, -0.1) is 0 Å². The summed E-state index contributed by atoms with van der Waals surface area (Å²) in [4.78, 5) is 24.1. The third kappa shape index (κ3) is 4.40. The van der Waals surface area contributed by atoms with Crippen LogP contribution >= 0.6 is 0 Å². The number of carbonyl (C=O) groups excluding carboxylic acids is 1. The molecule has 1 heterocycles. The van der Waals surface area contributed by atoms with Crippen molar-refractivity contribution in [1.82, 2.24) is 5.32 Å². The van der Waals surface area contributed by atoms with Crippen molar-refractivity contribution in [2.45, 2.75) is 25.8 Å². The van der Waals surface area contributed by atoms with Gasteiger partial charge in [0, 0.05) is 30.0 Å². The zero-order chi connectivity index (χ0) is 20.1. The highest BCUT2D eigenvalue weighted by Crippen LogP contribution is 2.32. The van der Waals surface area contributed by atoms with E-state index < -0.39 is 5.63 Å². The quantitative estimate of drug-likeness (QED) is 0.615. The number of nitrogens with one attached hydrogen (secondary N) is 1. The number of aliphatic hydroxyl groups is 1. The van der Waals surface area contributed by atoms with Gasteiger partial charge in [-0.05, 0) is 36.1 Å². The minimum Gasteiger partial charge on any atom is -0.496 e. The Morgan fingerprint density at radius 2 is 1.96 bits per heavy atom. The number of aliphatic hydroxyl groups excluding tert-OH is 1. The van der Waals surface area contributed by atoms with Crippen LogP contribution in [0.15, 0.2) is 57.7 Å². The van der Waals surface area contributed by atoms with E-state index in [1.165, 1.54) is 13.2 Å². The van der Waals surface area contributed by atoms with Crippen LogP contribution in [-0.4, -0.2) is 30.8 Å². The molecule has 0 unspecified atom stereocenters. The summed E-state index contributed by atoms with van der Waals surface area (Å²) in [6.07, 6.45) is 0.708. The summed E-state index contributed by atoms with van der Waals surface area (Å²) in [7, 11) is 1.54. The second kappa shape index (κ2) is 8.71. The minimum absolute atomic E-state index is 0.107. The number of methoxy groups -OCH3 is 1. The summed E-state index contributed by atoms with van der Waals surface area (Å²) in [6.45, 7) is 1.63. The molecule has 3 aromatic rings. The molecule has 0 aliphatic heterocycles. The molecule has 0 aliphatic rings. The predicted octanol–water partition coefficient (Wildman–Crippen LogP) is 2.90. The van der Waals surface area contributed by atoms with Crippen LogP contribution in [0.5, 0.6) is 5.75 Å². The van der Waals surface area contributed by atoms with Crippen LogP contribution in [0.2, 0.25) is 0 Å². The first kappa shape index (κ1) is 19.6. The summed E-state index contributed by atoms with van der Waals surface area (Å²) in [5.74, 6) is 0.412. The van der Waals surface area contributed by atoms with Crippen LogP contribution in [0.1, 0.15) is 18.9 Å². The summed E-state index contributed by atoms with van der Waals surface area (Å²) in [5, 5.41) is 12.6. The van der Waals surface area contributed by atoms with E-state index in [1.807, 2.05) is 36.4 Å². The van der Waals surface area contributed by atoms with Gasteiger partial charge in [-0.3, -0.25) is 4.79 Å². The molecule has 0 saturated heterocycles. The lowest BCUT2D eigenvalue weighted by Crippen LogP contribution is -2.35. The monoisotopic (exact) mass is 381 g/mol. The third-order valence-corrected chi connectivity index (χ3v) is 4.53. The first-order valence-corrected chi connectivity index (χ1v) is 9.12. The van der Waals surface area contributed by atoms with E-state index in [-0.39, 0.29) is 25.0 Å². The lowest BCUT2D eigenvalue weighted by atomic mass is 9.98. The van der Waals surface area contributed by atoms with Gasteiger partial charge in [0.15, 0.2) is 0 Å². The van der Waals surface area contributed by atoms with Crippen molar-refractivity contribution >= 4 is 16.9 Å². The maximum absolute atomic E-state index is 12.1. The molecule has 0 radical (unpaired) electrons. The first-order valence-electron chi connectivity index (χ1n) is 9.12. The smallest absolute Gasteiger partial charge is 0.336 e. The summed E-state index contributed by atoms with van der Waals surface area (Å²) < 4.78 is 10.8. The number of amides is 1. The van der Waals surface area contributed by atoms with Gasteiger partial charge < -0.3 is 19.6 Å². The summed E-state index contributed by atoms with van der Waals surface area (Å²) >= 11 is 0. The van der Waals surface area contributed by atoms with E-state index in [9.17, 15) is 9.59 Å². The zero-order valence-corrected chi connectivity index (χ0v) is 15.9. The largest absolute Gasteiger partial charge is 0.496 e. The highest BCUT2D eigenvalue weighted by molar-refractivity contribution is 5.94. The zero-order valence-electron chi connectivity index (χ0n) is 15.9. The van der Waals surface area contributed by atoms with Gasteiger partial charge in [0.1, 0.15) is 11.3 Å². The van der Waals surface area contributed by atoms with Gasteiger partial charge in [-0.25, -0.2) is 4.79 Å². The number of hydrogen-bond donors (Lipinski definition) is 2. The van der Waals surface area contributed by atoms with E-state index in [4.69, 9.17) is 14.3 Å². The number of hydrogen-bond acceptors (Lipinski definition) is 5. The lowest BCUT2D eigenvalue weighted by Gasteiger charge is -2.13. The van der Waals surface area contributed by atoms with Crippen molar-refractivity contribution in [3.8, 4) is 16.9 Å². The van der Waals surface area contributed by atoms with Crippen molar-refractivity contribution in [2.75, 3.05) is 13.7 Å². The molecule has 6 heteroatoms. The van der Waals surface area contributed by atoms with E-state index in [2.05, 4.69) is 5.32 Å². The van der Waals surface area contributed by atoms with E-state index in [1.54, 1.807) is 13.0 Å². The molecule has 0 aliphatic carbocycles. The van der Waals surface area contributed by atoms with E-state index >= 15 is 0 Å². The average molecular weight is 381 g/mol. The lowest BCUT2D eigenvalue weighted by molar-refractivity contribution is -0.121. The van der Waals surface area contributed by atoms with Crippen LogP contribution in [0.25, 0.3) is 22.1 Å². The summed E-state index contributed by atoms with van der Waals surface area (Å²) in [5.41, 5.74) is 2.52. The van der Waals surface area contributed by atoms with Gasteiger partial charge in [-0.1, -0.05) is 30.3 Å². The van der Waals surface area contributed by atoms with E-state index in [0.717, 1.165) is 22.1 Å². The number of aryl methyl sites for hydroxylation is 1. The number of benzene rings is 2. The highest BCUT2D eigenvalue weighted by Gasteiger charge is 2.14. The molecule has 3 rings (SSSR count). The Hall–Kier alpha value is -3.12. The third-order valence-electron chi connectivity index (χ3n) is 4.53. The fourth-order valence-corrected chi connectivity index (χ4v) is 3.12. The molecule has 2 aromatic carbocycles. The van der Waals surface area contributed by atoms with Crippen LogP contribution in [0.4, 0.5) is 0 Å². The maximum Gasteiger partial charge on any atom is 0.336 e. The second-order valence-corrected chi connectivity index (χ2v) is 6.66. The Bertz CT molecular complexity index is 1030. The number of carbonyl (C=O) groups is 1. The SMILES string of the molecule is COc1cc2oc(=O)cc(-c3ccccc3)c2cc1CCC(=O)N[C@@H](C)CO. The second-order valence-electron chi connectivity index (χ2n) is 6.66. The van der Waals surface area contributed by atoms with Crippen LogP contribution in [0.3, 0.4) is 0 Å². The van der Waals surface area contributed by atoms with Crippen LogP contribution in [0, 0.1) is 0 Å². The summed E-state index contributed by atoms with van der Waals surface area (Å²) in [6, 6.07) is 14.4. The van der Waals surface area contributed by atoms with Gasteiger partial charge >= 0.3 is 5.63 Å². The molecular formula is C22H23NO5. The first-order chi connectivity index (χ1) is 13.5. The van der Waals surface area contributed by atoms with Crippen LogP contribution in [-0.2, 0) is 11.2 Å². The van der Waals surface area contributed by atoms with Gasteiger partial charge in [0.2, 0.25) is 5.91 Å². The normalized spacial score (nSPS) is 12.0. The van der Waals surface area contributed by atoms with E-state index in [0.29, 0.717) is 17.8 Å². The molecule has 1 atom stereocenters.